The van der Waals surface area contributed by atoms with Gasteiger partial charge in [-0.15, -0.1) is 16.8 Å². The van der Waals surface area contributed by atoms with Crippen molar-refractivity contribution in [1.82, 2.24) is 14.8 Å². The van der Waals surface area contributed by atoms with Crippen LogP contribution in [-0.2, 0) is 11.3 Å². The van der Waals surface area contributed by atoms with Crippen molar-refractivity contribution in [2.45, 2.75) is 30.8 Å². The SMILES string of the molecule is C=CCn1c(SC(C)C(=O)Nc2cc(Cl)ccc2Cl)nnc1-c1cccc(C)c1. The second-order valence-corrected chi connectivity index (χ2v) is 8.60. The summed E-state index contributed by atoms with van der Waals surface area (Å²) in [6.45, 7) is 8.19. The van der Waals surface area contributed by atoms with Crippen LogP contribution in [-0.4, -0.2) is 25.9 Å². The van der Waals surface area contributed by atoms with E-state index in [0.29, 0.717) is 27.4 Å². The van der Waals surface area contributed by atoms with Gasteiger partial charge in [-0.3, -0.25) is 9.36 Å². The molecule has 150 valence electrons. The number of nitrogens with one attached hydrogen (secondary N) is 1. The van der Waals surface area contributed by atoms with Crippen LogP contribution in [0.2, 0.25) is 10.0 Å². The highest BCUT2D eigenvalue weighted by atomic mass is 35.5. The van der Waals surface area contributed by atoms with Crippen molar-refractivity contribution in [3.8, 4) is 11.4 Å². The molecule has 0 saturated heterocycles. The van der Waals surface area contributed by atoms with Gasteiger partial charge >= 0.3 is 0 Å². The van der Waals surface area contributed by atoms with Gasteiger partial charge in [0.25, 0.3) is 0 Å². The third-order valence-electron chi connectivity index (χ3n) is 4.14. The predicted octanol–water partition coefficient (Wildman–Crippen LogP) is 5.87. The van der Waals surface area contributed by atoms with Gasteiger partial charge in [-0.25, -0.2) is 0 Å². The molecule has 3 aromatic rings. The number of aromatic nitrogens is 3. The summed E-state index contributed by atoms with van der Waals surface area (Å²) >= 11 is 13.4. The monoisotopic (exact) mass is 446 g/mol. The number of benzene rings is 2. The number of rotatable bonds is 7. The summed E-state index contributed by atoms with van der Waals surface area (Å²) < 4.78 is 1.95. The van der Waals surface area contributed by atoms with Crippen molar-refractivity contribution in [3.05, 3.63) is 70.7 Å². The maximum atomic E-state index is 12.7. The summed E-state index contributed by atoms with van der Waals surface area (Å²) in [4.78, 5) is 12.7. The van der Waals surface area contributed by atoms with Crippen LogP contribution in [0.3, 0.4) is 0 Å². The Morgan fingerprint density at radius 1 is 1.28 bits per heavy atom. The molecule has 0 bridgehead atoms. The van der Waals surface area contributed by atoms with Crippen molar-refractivity contribution in [2.24, 2.45) is 0 Å². The number of amides is 1. The van der Waals surface area contributed by atoms with Crippen molar-refractivity contribution in [1.29, 1.82) is 0 Å². The van der Waals surface area contributed by atoms with E-state index in [2.05, 4.69) is 28.2 Å². The van der Waals surface area contributed by atoms with Crippen LogP contribution < -0.4 is 5.32 Å². The van der Waals surface area contributed by atoms with Gasteiger partial charge in [-0.1, -0.05) is 64.8 Å². The molecule has 0 saturated carbocycles. The average molecular weight is 447 g/mol. The van der Waals surface area contributed by atoms with E-state index >= 15 is 0 Å². The van der Waals surface area contributed by atoms with Crippen molar-refractivity contribution >= 4 is 46.6 Å². The number of aryl methyl sites for hydroxylation is 1. The molecule has 1 aromatic heterocycles. The van der Waals surface area contributed by atoms with Gasteiger partial charge in [0.1, 0.15) is 0 Å². The van der Waals surface area contributed by atoms with Gasteiger partial charge in [-0.2, -0.15) is 0 Å². The second kappa shape index (κ2) is 9.48. The first kappa shape index (κ1) is 21.4. The van der Waals surface area contributed by atoms with Crippen LogP contribution in [0.1, 0.15) is 12.5 Å². The number of anilines is 1. The fourth-order valence-electron chi connectivity index (χ4n) is 2.71. The number of thioether (sulfide) groups is 1. The molecular formula is C21H20Cl2N4OS. The molecule has 0 fully saturated rings. The van der Waals surface area contributed by atoms with Crippen molar-refractivity contribution in [3.63, 3.8) is 0 Å². The summed E-state index contributed by atoms with van der Waals surface area (Å²) in [5, 5.41) is 12.6. The van der Waals surface area contributed by atoms with E-state index in [1.165, 1.54) is 11.8 Å². The molecule has 1 amide bonds. The van der Waals surface area contributed by atoms with Crippen LogP contribution in [0, 0.1) is 6.92 Å². The van der Waals surface area contributed by atoms with Gasteiger partial charge < -0.3 is 5.32 Å². The molecule has 0 aliphatic carbocycles. The molecule has 0 radical (unpaired) electrons. The highest BCUT2D eigenvalue weighted by Gasteiger charge is 2.21. The third-order valence-corrected chi connectivity index (χ3v) is 5.79. The molecule has 1 heterocycles. The van der Waals surface area contributed by atoms with Crippen molar-refractivity contribution < 1.29 is 4.79 Å². The lowest BCUT2D eigenvalue weighted by Gasteiger charge is -2.14. The van der Waals surface area contributed by atoms with Crippen LogP contribution in [0.5, 0.6) is 0 Å². The Morgan fingerprint density at radius 2 is 2.07 bits per heavy atom. The zero-order valence-electron chi connectivity index (χ0n) is 16.0. The van der Waals surface area contributed by atoms with Crippen LogP contribution in [0.25, 0.3) is 11.4 Å². The summed E-state index contributed by atoms with van der Waals surface area (Å²) in [5.41, 5.74) is 2.58. The molecule has 2 aromatic carbocycles. The fourth-order valence-corrected chi connectivity index (χ4v) is 3.90. The Morgan fingerprint density at radius 3 is 2.79 bits per heavy atom. The number of allylic oxidation sites excluding steroid dienone is 1. The van der Waals surface area contributed by atoms with Crippen LogP contribution >= 0.6 is 35.0 Å². The Hall–Kier alpha value is -2.28. The van der Waals surface area contributed by atoms with E-state index in [1.807, 2.05) is 29.7 Å². The van der Waals surface area contributed by atoms with E-state index in [1.54, 1.807) is 31.2 Å². The minimum absolute atomic E-state index is 0.204. The first-order chi connectivity index (χ1) is 13.9. The standard InChI is InChI=1S/C21H20Cl2N4OS/c1-4-10-27-19(15-7-5-6-13(2)11-15)25-26-21(27)29-14(3)20(28)24-18-12-16(22)8-9-17(18)23/h4-9,11-12,14H,1,10H2,2-3H3,(H,24,28). The van der Waals surface area contributed by atoms with Gasteiger partial charge in [0, 0.05) is 17.1 Å². The van der Waals surface area contributed by atoms with E-state index in [-0.39, 0.29) is 5.91 Å². The lowest BCUT2D eigenvalue weighted by Crippen LogP contribution is -2.23. The number of carbonyl (C=O) groups excluding carboxylic acids is 1. The zero-order chi connectivity index (χ0) is 21.0. The maximum Gasteiger partial charge on any atom is 0.237 e. The quantitative estimate of drug-likeness (QED) is 0.364. The second-order valence-electron chi connectivity index (χ2n) is 6.45. The van der Waals surface area contributed by atoms with Crippen molar-refractivity contribution in [2.75, 3.05) is 5.32 Å². The minimum Gasteiger partial charge on any atom is -0.324 e. The Balaban J connectivity index is 1.81. The highest BCUT2D eigenvalue weighted by molar-refractivity contribution is 8.00. The highest BCUT2D eigenvalue weighted by Crippen LogP contribution is 2.30. The molecule has 1 atom stereocenters. The number of nitrogens with zero attached hydrogens (tertiary/aromatic N) is 3. The number of halogens is 2. The molecule has 29 heavy (non-hydrogen) atoms. The Labute approximate surface area is 184 Å². The summed E-state index contributed by atoms with van der Waals surface area (Å²) in [6.07, 6.45) is 1.78. The maximum absolute atomic E-state index is 12.7. The lowest BCUT2D eigenvalue weighted by molar-refractivity contribution is -0.115. The van der Waals surface area contributed by atoms with E-state index in [4.69, 9.17) is 23.2 Å². The molecule has 0 spiro atoms. The van der Waals surface area contributed by atoms with E-state index in [9.17, 15) is 4.79 Å². The average Bonchev–Trinajstić information content (AvgIpc) is 3.07. The number of carbonyl (C=O) groups is 1. The third kappa shape index (κ3) is 5.21. The minimum atomic E-state index is -0.428. The molecule has 0 aliphatic rings. The summed E-state index contributed by atoms with van der Waals surface area (Å²) in [7, 11) is 0. The van der Waals surface area contributed by atoms with Gasteiger partial charge in [0.05, 0.1) is 16.0 Å². The molecule has 0 aliphatic heterocycles. The van der Waals surface area contributed by atoms with Crippen LogP contribution in [0.15, 0.2) is 60.3 Å². The molecule has 1 N–H and O–H groups in total. The largest absolute Gasteiger partial charge is 0.324 e. The molecule has 8 heteroatoms. The molecular weight excluding hydrogens is 427 g/mol. The normalized spacial score (nSPS) is 11.9. The van der Waals surface area contributed by atoms with E-state index in [0.717, 1.165) is 17.0 Å². The van der Waals surface area contributed by atoms with Gasteiger partial charge in [0.15, 0.2) is 11.0 Å². The summed E-state index contributed by atoms with van der Waals surface area (Å²) in [5.74, 6) is 0.533. The van der Waals surface area contributed by atoms with E-state index < -0.39 is 5.25 Å². The van der Waals surface area contributed by atoms with Gasteiger partial charge in [0.2, 0.25) is 5.91 Å². The fraction of sp³-hybridized carbons (Fsp3) is 0.190. The topological polar surface area (TPSA) is 59.8 Å². The smallest absolute Gasteiger partial charge is 0.237 e. The number of hydrogen-bond donors (Lipinski definition) is 1. The van der Waals surface area contributed by atoms with Gasteiger partial charge in [-0.05, 0) is 38.1 Å². The summed E-state index contributed by atoms with van der Waals surface area (Å²) in [6, 6.07) is 13.0. The van der Waals surface area contributed by atoms with Crippen LogP contribution in [0.4, 0.5) is 5.69 Å². The Bertz CT molecular complexity index is 1050. The first-order valence-electron chi connectivity index (χ1n) is 8.92. The Kier molecular flexibility index (Phi) is 7.00. The lowest BCUT2D eigenvalue weighted by atomic mass is 10.1. The zero-order valence-corrected chi connectivity index (χ0v) is 18.4. The predicted molar refractivity (Wildman–Crippen MR) is 121 cm³/mol. The molecule has 5 nitrogen and oxygen atoms in total. The first-order valence-corrected chi connectivity index (χ1v) is 10.6. The number of hydrogen-bond acceptors (Lipinski definition) is 4. The molecule has 1 unspecified atom stereocenters. The molecule has 3 rings (SSSR count).